The van der Waals surface area contributed by atoms with Crippen LogP contribution in [0.5, 0.6) is 0 Å². The Morgan fingerprint density at radius 3 is 2.50 bits per heavy atom. The summed E-state index contributed by atoms with van der Waals surface area (Å²) < 4.78 is 22.8. The second-order valence-electron chi connectivity index (χ2n) is 4.88. The van der Waals surface area contributed by atoms with Gasteiger partial charge in [-0.05, 0) is 37.5 Å². The molecule has 0 bridgehead atoms. The molecule has 6 heteroatoms. The fourth-order valence-corrected chi connectivity index (χ4v) is 2.60. The molecule has 1 amide bonds. The largest absolute Gasteiger partial charge is 0.350 e. The van der Waals surface area contributed by atoms with Crippen molar-refractivity contribution >= 4 is 15.9 Å². The third-order valence-electron chi connectivity index (χ3n) is 3.13. The van der Waals surface area contributed by atoms with E-state index in [0.29, 0.717) is 12.0 Å². The number of amides is 1. The molecule has 1 atom stereocenters. The van der Waals surface area contributed by atoms with E-state index in [2.05, 4.69) is 5.32 Å². The van der Waals surface area contributed by atoms with Crippen LogP contribution in [-0.2, 0) is 16.4 Å². The molecule has 0 radical (unpaired) electrons. The minimum atomic E-state index is -3.80. The highest BCUT2D eigenvalue weighted by Gasteiger charge is 2.17. The number of hydrogen-bond acceptors (Lipinski definition) is 3. The predicted molar refractivity (Wildman–Crippen MR) is 79.0 cm³/mol. The molecule has 0 aliphatic heterocycles. The summed E-state index contributed by atoms with van der Waals surface area (Å²) in [4.78, 5) is 12.2. The maximum Gasteiger partial charge on any atom is 0.251 e. The molecule has 0 aromatic heterocycles. The van der Waals surface area contributed by atoms with Gasteiger partial charge >= 0.3 is 0 Å². The second-order valence-corrected chi connectivity index (χ2v) is 6.44. The van der Waals surface area contributed by atoms with Gasteiger partial charge in [-0.15, -0.1) is 0 Å². The third kappa shape index (κ3) is 4.31. The SMILES string of the molecule is CCCC(C)NC(=O)c1cc(S(N)(=O)=O)ccc1CC. The molecular weight excluding hydrogens is 276 g/mol. The Labute approximate surface area is 120 Å². The Morgan fingerprint density at radius 1 is 1.35 bits per heavy atom. The summed E-state index contributed by atoms with van der Waals surface area (Å²) in [6.45, 7) is 5.89. The fraction of sp³-hybridized carbons (Fsp3) is 0.500. The number of sulfonamides is 1. The Balaban J connectivity index is 3.11. The summed E-state index contributed by atoms with van der Waals surface area (Å²) >= 11 is 0. The highest BCUT2D eigenvalue weighted by atomic mass is 32.2. The van der Waals surface area contributed by atoms with Crippen LogP contribution in [0.1, 0.15) is 49.5 Å². The first-order chi connectivity index (χ1) is 9.29. The monoisotopic (exact) mass is 298 g/mol. The molecule has 1 aromatic carbocycles. The normalized spacial score (nSPS) is 13.0. The van der Waals surface area contributed by atoms with Gasteiger partial charge in [0.1, 0.15) is 0 Å². The third-order valence-corrected chi connectivity index (χ3v) is 4.05. The molecule has 5 nitrogen and oxygen atoms in total. The van der Waals surface area contributed by atoms with Crippen molar-refractivity contribution in [3.8, 4) is 0 Å². The number of nitrogens with two attached hydrogens (primary N) is 1. The first-order valence-electron chi connectivity index (χ1n) is 6.76. The van der Waals surface area contributed by atoms with Crippen LogP contribution in [-0.4, -0.2) is 20.4 Å². The van der Waals surface area contributed by atoms with Crippen molar-refractivity contribution in [1.82, 2.24) is 5.32 Å². The molecule has 0 fully saturated rings. The zero-order valence-electron chi connectivity index (χ0n) is 12.1. The summed E-state index contributed by atoms with van der Waals surface area (Å²) in [6.07, 6.45) is 2.50. The molecule has 0 aliphatic carbocycles. The van der Waals surface area contributed by atoms with Crippen LogP contribution in [0.4, 0.5) is 0 Å². The van der Waals surface area contributed by atoms with E-state index in [0.717, 1.165) is 18.4 Å². The zero-order valence-corrected chi connectivity index (χ0v) is 13.0. The van der Waals surface area contributed by atoms with Crippen molar-refractivity contribution in [2.45, 2.75) is 51.0 Å². The van der Waals surface area contributed by atoms with Gasteiger partial charge < -0.3 is 5.32 Å². The average Bonchev–Trinajstić information content (AvgIpc) is 2.37. The fourth-order valence-electron chi connectivity index (χ4n) is 2.06. The Bertz CT molecular complexity index is 582. The lowest BCUT2D eigenvalue weighted by Gasteiger charge is -2.15. The van der Waals surface area contributed by atoms with Crippen LogP contribution in [0, 0.1) is 0 Å². The molecule has 0 spiro atoms. The summed E-state index contributed by atoms with van der Waals surface area (Å²) in [6, 6.07) is 4.47. The van der Waals surface area contributed by atoms with Gasteiger partial charge in [-0.25, -0.2) is 13.6 Å². The van der Waals surface area contributed by atoms with Crippen molar-refractivity contribution in [2.24, 2.45) is 5.14 Å². The van der Waals surface area contributed by atoms with E-state index in [-0.39, 0.29) is 16.8 Å². The number of primary sulfonamides is 1. The van der Waals surface area contributed by atoms with Crippen LogP contribution in [0.25, 0.3) is 0 Å². The Kier molecular flexibility index (Phi) is 5.71. The van der Waals surface area contributed by atoms with Crippen molar-refractivity contribution in [1.29, 1.82) is 0 Å². The van der Waals surface area contributed by atoms with E-state index >= 15 is 0 Å². The molecule has 0 saturated carbocycles. The van der Waals surface area contributed by atoms with Crippen LogP contribution in [0.2, 0.25) is 0 Å². The molecule has 3 N–H and O–H groups in total. The predicted octanol–water partition coefficient (Wildman–Crippen LogP) is 1.81. The van der Waals surface area contributed by atoms with Crippen molar-refractivity contribution < 1.29 is 13.2 Å². The van der Waals surface area contributed by atoms with Gasteiger partial charge in [0.15, 0.2) is 0 Å². The lowest BCUT2D eigenvalue weighted by molar-refractivity contribution is 0.0937. The Hall–Kier alpha value is -1.40. The number of hydrogen-bond donors (Lipinski definition) is 2. The smallest absolute Gasteiger partial charge is 0.251 e. The van der Waals surface area contributed by atoms with Gasteiger partial charge in [0, 0.05) is 11.6 Å². The topological polar surface area (TPSA) is 89.3 Å². The van der Waals surface area contributed by atoms with Gasteiger partial charge in [-0.1, -0.05) is 26.3 Å². The van der Waals surface area contributed by atoms with Crippen molar-refractivity contribution in [3.05, 3.63) is 29.3 Å². The number of nitrogens with one attached hydrogen (secondary N) is 1. The van der Waals surface area contributed by atoms with E-state index in [9.17, 15) is 13.2 Å². The molecule has 0 saturated heterocycles. The summed E-state index contributed by atoms with van der Waals surface area (Å²) in [5, 5.41) is 7.98. The minimum absolute atomic E-state index is 0.0389. The van der Waals surface area contributed by atoms with E-state index < -0.39 is 10.0 Å². The molecule has 20 heavy (non-hydrogen) atoms. The lowest BCUT2D eigenvalue weighted by Crippen LogP contribution is -2.33. The first-order valence-corrected chi connectivity index (χ1v) is 8.30. The molecule has 0 aliphatic rings. The van der Waals surface area contributed by atoms with E-state index in [4.69, 9.17) is 5.14 Å². The highest BCUT2D eigenvalue weighted by Crippen LogP contribution is 2.16. The van der Waals surface area contributed by atoms with Crippen molar-refractivity contribution in [2.75, 3.05) is 0 Å². The van der Waals surface area contributed by atoms with Crippen LogP contribution >= 0.6 is 0 Å². The zero-order chi connectivity index (χ0) is 15.3. The van der Waals surface area contributed by atoms with Gasteiger partial charge in [0.05, 0.1) is 4.90 Å². The molecule has 112 valence electrons. The number of rotatable bonds is 6. The van der Waals surface area contributed by atoms with E-state index in [1.807, 2.05) is 20.8 Å². The number of carbonyl (C=O) groups excluding carboxylic acids is 1. The summed E-state index contributed by atoms with van der Waals surface area (Å²) in [5.74, 6) is -0.256. The standard InChI is InChI=1S/C14H22N2O3S/c1-4-6-10(3)16-14(17)13-9-12(20(15,18)19)8-7-11(13)5-2/h7-10H,4-6H2,1-3H3,(H,16,17)(H2,15,18,19). The van der Waals surface area contributed by atoms with Gasteiger partial charge in [-0.2, -0.15) is 0 Å². The number of carbonyl (C=O) groups is 1. The molecular formula is C14H22N2O3S. The maximum atomic E-state index is 12.2. The number of benzene rings is 1. The lowest BCUT2D eigenvalue weighted by atomic mass is 10.0. The van der Waals surface area contributed by atoms with Crippen LogP contribution in [0.3, 0.4) is 0 Å². The average molecular weight is 298 g/mol. The molecule has 1 aromatic rings. The quantitative estimate of drug-likeness (QED) is 0.839. The molecule has 1 unspecified atom stereocenters. The summed E-state index contributed by atoms with van der Waals surface area (Å²) in [5.41, 5.74) is 1.18. The van der Waals surface area contributed by atoms with Crippen LogP contribution < -0.4 is 10.5 Å². The van der Waals surface area contributed by atoms with Gasteiger partial charge in [-0.3, -0.25) is 4.79 Å². The number of aryl methyl sites for hydroxylation is 1. The molecule has 0 heterocycles. The van der Waals surface area contributed by atoms with Crippen molar-refractivity contribution in [3.63, 3.8) is 0 Å². The second kappa shape index (κ2) is 6.85. The molecule has 1 rings (SSSR count). The summed E-state index contributed by atoms with van der Waals surface area (Å²) in [7, 11) is -3.80. The van der Waals surface area contributed by atoms with Gasteiger partial charge in [0.2, 0.25) is 10.0 Å². The Morgan fingerprint density at radius 2 is 2.00 bits per heavy atom. The van der Waals surface area contributed by atoms with Crippen LogP contribution in [0.15, 0.2) is 23.1 Å². The first kappa shape index (κ1) is 16.7. The van der Waals surface area contributed by atoms with E-state index in [1.54, 1.807) is 6.07 Å². The van der Waals surface area contributed by atoms with Gasteiger partial charge in [0.25, 0.3) is 5.91 Å². The minimum Gasteiger partial charge on any atom is -0.350 e. The van der Waals surface area contributed by atoms with E-state index in [1.165, 1.54) is 12.1 Å². The maximum absolute atomic E-state index is 12.2. The highest BCUT2D eigenvalue weighted by molar-refractivity contribution is 7.89.